The van der Waals surface area contributed by atoms with Crippen molar-refractivity contribution in [3.05, 3.63) is 74.1 Å². The summed E-state index contributed by atoms with van der Waals surface area (Å²) in [6.45, 7) is 2.21. The quantitative estimate of drug-likeness (QED) is 0.377. The smallest absolute Gasteiger partial charge is 0.324 e. The van der Waals surface area contributed by atoms with Crippen molar-refractivity contribution in [1.29, 1.82) is 0 Å². The lowest BCUT2D eigenvalue weighted by Gasteiger charge is -2.18. The van der Waals surface area contributed by atoms with Gasteiger partial charge in [-0.25, -0.2) is 4.79 Å². The molecule has 166 valence electrons. The number of fused-ring (bicyclic) bond motifs is 1. The summed E-state index contributed by atoms with van der Waals surface area (Å²) < 4.78 is 5.20. The van der Waals surface area contributed by atoms with Gasteiger partial charge in [-0.05, 0) is 73.2 Å². The molecule has 4 rings (SSSR count). The van der Waals surface area contributed by atoms with Gasteiger partial charge >= 0.3 is 6.03 Å². The Bertz CT molecular complexity index is 1170. The highest BCUT2D eigenvalue weighted by Gasteiger charge is 2.29. The molecule has 0 saturated heterocycles. The van der Waals surface area contributed by atoms with Gasteiger partial charge in [-0.2, -0.15) is 0 Å². The first kappa shape index (κ1) is 22.6. The van der Waals surface area contributed by atoms with Crippen molar-refractivity contribution in [3.63, 3.8) is 0 Å². The molecule has 0 unspecified atom stereocenters. The van der Waals surface area contributed by atoms with Crippen LogP contribution in [0.2, 0.25) is 10.0 Å². The summed E-state index contributed by atoms with van der Waals surface area (Å²) in [5.74, 6) is 1.12. The Balaban J connectivity index is 1.64. The zero-order valence-electron chi connectivity index (χ0n) is 17.6. The van der Waals surface area contributed by atoms with Crippen molar-refractivity contribution in [2.24, 2.45) is 5.92 Å². The lowest BCUT2D eigenvalue weighted by Crippen LogP contribution is -2.20. The van der Waals surface area contributed by atoms with Crippen LogP contribution >= 0.6 is 34.5 Å². The molecule has 1 aromatic heterocycles. The molecule has 2 aromatic carbocycles. The molecule has 0 saturated carbocycles. The van der Waals surface area contributed by atoms with Gasteiger partial charge in [-0.3, -0.25) is 10.1 Å². The number of urea groups is 1. The van der Waals surface area contributed by atoms with Gasteiger partial charge in [0.1, 0.15) is 10.8 Å². The van der Waals surface area contributed by atoms with Crippen LogP contribution in [-0.2, 0) is 12.8 Å². The molecule has 2 amide bonds. The van der Waals surface area contributed by atoms with E-state index in [1.165, 1.54) is 11.3 Å². The van der Waals surface area contributed by atoms with Crippen molar-refractivity contribution in [3.8, 4) is 5.75 Å². The van der Waals surface area contributed by atoms with Gasteiger partial charge in [0.05, 0.1) is 22.7 Å². The molecule has 0 radical (unpaired) electrons. The zero-order chi connectivity index (χ0) is 22.8. The molecule has 0 spiro atoms. The topological polar surface area (TPSA) is 67.4 Å². The molecule has 8 heteroatoms. The van der Waals surface area contributed by atoms with Crippen LogP contribution in [0.1, 0.15) is 39.7 Å². The van der Waals surface area contributed by atoms with Gasteiger partial charge in [-0.1, -0.05) is 30.1 Å². The van der Waals surface area contributed by atoms with Crippen LogP contribution in [0.4, 0.5) is 15.5 Å². The third-order valence-electron chi connectivity index (χ3n) is 5.50. The fourth-order valence-electron chi connectivity index (χ4n) is 3.81. The van der Waals surface area contributed by atoms with E-state index in [0.717, 1.165) is 29.7 Å². The number of thiophene rings is 1. The Hall–Kier alpha value is -2.54. The van der Waals surface area contributed by atoms with Crippen molar-refractivity contribution < 1.29 is 14.3 Å². The molecule has 32 heavy (non-hydrogen) atoms. The summed E-state index contributed by atoms with van der Waals surface area (Å²) in [5.41, 5.74) is 2.68. The molecule has 5 nitrogen and oxygen atoms in total. The van der Waals surface area contributed by atoms with E-state index in [2.05, 4.69) is 17.6 Å². The molecule has 1 atom stereocenters. The summed E-state index contributed by atoms with van der Waals surface area (Å²) in [7, 11) is 1.59. The fraction of sp³-hybridized carbons (Fsp3) is 0.250. The van der Waals surface area contributed by atoms with Crippen LogP contribution in [0.3, 0.4) is 0 Å². The second kappa shape index (κ2) is 9.53. The first-order chi connectivity index (χ1) is 15.4. The van der Waals surface area contributed by atoms with E-state index in [1.807, 2.05) is 0 Å². The van der Waals surface area contributed by atoms with E-state index < -0.39 is 6.03 Å². The van der Waals surface area contributed by atoms with Gasteiger partial charge < -0.3 is 10.1 Å². The lowest BCUT2D eigenvalue weighted by molar-refractivity contribution is 0.103. The second-order valence-corrected chi connectivity index (χ2v) is 9.74. The van der Waals surface area contributed by atoms with E-state index in [-0.39, 0.29) is 5.78 Å². The zero-order valence-corrected chi connectivity index (χ0v) is 20.0. The maximum absolute atomic E-state index is 13.5. The van der Waals surface area contributed by atoms with Crippen molar-refractivity contribution >= 4 is 57.0 Å². The van der Waals surface area contributed by atoms with Gasteiger partial charge in [0.25, 0.3) is 0 Å². The predicted molar refractivity (Wildman–Crippen MR) is 131 cm³/mol. The van der Waals surface area contributed by atoms with Gasteiger partial charge in [-0.15, -0.1) is 11.3 Å². The predicted octanol–water partition coefficient (Wildman–Crippen LogP) is 7.06. The monoisotopic (exact) mass is 488 g/mol. The number of ether oxygens (including phenoxy) is 1. The minimum Gasteiger partial charge on any atom is -0.497 e. The third-order valence-corrected chi connectivity index (χ3v) is 7.40. The Kier molecular flexibility index (Phi) is 6.74. The normalized spacial score (nSPS) is 15.1. The summed E-state index contributed by atoms with van der Waals surface area (Å²) >= 11 is 13.5. The van der Waals surface area contributed by atoms with Crippen LogP contribution in [0, 0.1) is 5.92 Å². The van der Waals surface area contributed by atoms with E-state index in [4.69, 9.17) is 27.9 Å². The van der Waals surface area contributed by atoms with E-state index in [1.54, 1.807) is 49.6 Å². The Morgan fingerprint density at radius 2 is 1.81 bits per heavy atom. The summed E-state index contributed by atoms with van der Waals surface area (Å²) in [6.07, 6.45) is 2.74. The van der Waals surface area contributed by atoms with Crippen LogP contribution < -0.4 is 15.4 Å². The van der Waals surface area contributed by atoms with Crippen molar-refractivity contribution in [2.45, 2.75) is 26.2 Å². The molecular formula is C24H22Cl2N2O3S. The first-order valence-corrected chi connectivity index (χ1v) is 11.8. The number of hydrogen-bond acceptors (Lipinski definition) is 4. The average Bonchev–Trinajstić information content (AvgIpc) is 3.12. The van der Waals surface area contributed by atoms with Crippen molar-refractivity contribution in [1.82, 2.24) is 0 Å². The molecule has 3 aromatic rings. The Morgan fingerprint density at radius 3 is 2.50 bits per heavy atom. The maximum Gasteiger partial charge on any atom is 0.324 e. The summed E-state index contributed by atoms with van der Waals surface area (Å²) in [5, 5.41) is 6.95. The molecule has 1 aliphatic rings. The van der Waals surface area contributed by atoms with Crippen LogP contribution in [0.25, 0.3) is 0 Å². The number of carbonyl (C=O) groups excluding carboxylic acids is 2. The van der Waals surface area contributed by atoms with Gasteiger partial charge in [0.15, 0.2) is 5.78 Å². The Labute approximate surface area is 200 Å². The number of nitrogens with one attached hydrogen (secondary N) is 2. The summed E-state index contributed by atoms with van der Waals surface area (Å²) in [6, 6.07) is 11.4. The van der Waals surface area contributed by atoms with Crippen LogP contribution in [-0.4, -0.2) is 18.9 Å². The van der Waals surface area contributed by atoms with E-state index in [9.17, 15) is 9.59 Å². The molecule has 1 aliphatic carbocycles. The molecule has 1 heterocycles. The number of amides is 2. The highest BCUT2D eigenvalue weighted by atomic mass is 35.5. The van der Waals surface area contributed by atoms with E-state index >= 15 is 0 Å². The highest BCUT2D eigenvalue weighted by molar-refractivity contribution is 7.17. The lowest BCUT2D eigenvalue weighted by atomic mass is 9.86. The molecule has 0 aliphatic heterocycles. The summed E-state index contributed by atoms with van der Waals surface area (Å²) in [4.78, 5) is 27.4. The number of benzene rings is 2. The number of rotatable bonds is 5. The minimum atomic E-state index is -0.446. The van der Waals surface area contributed by atoms with Crippen molar-refractivity contribution in [2.75, 3.05) is 17.7 Å². The van der Waals surface area contributed by atoms with Crippen LogP contribution in [0.5, 0.6) is 5.75 Å². The standard InChI is InChI=1S/C24H22Cl2N2O3S/c1-13-3-9-17-20(11-13)32-23(21(17)22(29)14-4-7-16(31-2)8-5-14)28-24(30)27-15-6-10-18(25)19(26)12-15/h4-8,10,12-13H,3,9,11H2,1-2H3,(H2,27,28,30)/t13-/m0/s1. The molecular weight excluding hydrogens is 467 g/mol. The Morgan fingerprint density at radius 1 is 1.06 bits per heavy atom. The minimum absolute atomic E-state index is 0.107. The largest absolute Gasteiger partial charge is 0.497 e. The molecule has 0 bridgehead atoms. The molecule has 0 fully saturated rings. The second-order valence-electron chi connectivity index (χ2n) is 7.82. The van der Waals surface area contributed by atoms with Crippen LogP contribution in [0.15, 0.2) is 42.5 Å². The number of anilines is 2. The number of hydrogen-bond donors (Lipinski definition) is 2. The SMILES string of the molecule is COc1ccc(C(=O)c2c(NC(=O)Nc3ccc(Cl)c(Cl)c3)sc3c2CC[C@H](C)C3)cc1. The fourth-order valence-corrected chi connectivity index (χ4v) is 5.51. The average molecular weight is 489 g/mol. The molecule has 2 N–H and O–H groups in total. The highest BCUT2D eigenvalue weighted by Crippen LogP contribution is 2.41. The maximum atomic E-state index is 13.5. The number of ketones is 1. The van der Waals surface area contributed by atoms with Gasteiger partial charge in [0, 0.05) is 16.1 Å². The first-order valence-electron chi connectivity index (χ1n) is 10.2. The third kappa shape index (κ3) is 4.77. The van der Waals surface area contributed by atoms with Gasteiger partial charge in [0.2, 0.25) is 0 Å². The number of carbonyl (C=O) groups is 2. The van der Waals surface area contributed by atoms with E-state index in [0.29, 0.717) is 43.5 Å². The number of halogens is 2. The number of methoxy groups -OCH3 is 1.